The number of piperidine rings is 1. The maximum atomic E-state index is 13.6. The van der Waals surface area contributed by atoms with Crippen molar-refractivity contribution in [1.82, 2.24) is 9.80 Å². The molecule has 5 heteroatoms. The van der Waals surface area contributed by atoms with Crippen LogP contribution in [0.1, 0.15) is 35.2 Å². The molecular weight excluding hydrogens is 394 g/mol. The van der Waals surface area contributed by atoms with E-state index in [2.05, 4.69) is 47.4 Å². The van der Waals surface area contributed by atoms with E-state index in [0.29, 0.717) is 13.1 Å². The fourth-order valence-corrected chi connectivity index (χ4v) is 5.29. The van der Waals surface area contributed by atoms with Crippen LogP contribution in [0.15, 0.2) is 60.7 Å². The standard InChI is InChI=1S/C26H26F2N2O/c27-23-9-8-22(15-24(23)28)25(31)30-13-11-26(18-30)10-3-12-29(17-26)16-19-6-7-20-4-1-2-5-21(20)14-19/h1-2,4-9,14-15H,3,10-13,16-18H2. The number of carbonyl (C=O) groups is 1. The molecule has 0 saturated carbocycles. The predicted octanol–water partition coefficient (Wildman–Crippen LogP) is 5.25. The average Bonchev–Trinajstić information content (AvgIpc) is 3.18. The zero-order valence-electron chi connectivity index (χ0n) is 17.5. The van der Waals surface area contributed by atoms with Crippen LogP contribution in [0.3, 0.4) is 0 Å². The molecule has 2 aliphatic rings. The zero-order chi connectivity index (χ0) is 21.4. The van der Waals surface area contributed by atoms with Crippen molar-refractivity contribution in [3.05, 3.63) is 83.4 Å². The molecule has 3 aromatic rings. The van der Waals surface area contributed by atoms with Gasteiger partial charge in [-0.05, 0) is 66.4 Å². The highest BCUT2D eigenvalue weighted by Crippen LogP contribution is 2.40. The molecule has 3 nitrogen and oxygen atoms in total. The Balaban J connectivity index is 1.27. The molecule has 1 unspecified atom stereocenters. The summed E-state index contributed by atoms with van der Waals surface area (Å²) in [5, 5.41) is 2.51. The number of rotatable bonds is 3. The summed E-state index contributed by atoms with van der Waals surface area (Å²) in [6.07, 6.45) is 3.17. The SMILES string of the molecule is O=C(c1ccc(F)c(F)c1)N1CCC2(CCCN(Cc3ccc4ccccc4c3)C2)C1. The number of likely N-dealkylation sites (tertiary alicyclic amines) is 2. The topological polar surface area (TPSA) is 23.6 Å². The van der Waals surface area contributed by atoms with Crippen molar-refractivity contribution in [3.8, 4) is 0 Å². The normalized spacial score (nSPS) is 21.8. The Labute approximate surface area is 181 Å². The minimum atomic E-state index is -0.973. The number of fused-ring (bicyclic) bond motifs is 1. The molecule has 5 rings (SSSR count). The smallest absolute Gasteiger partial charge is 0.253 e. The summed E-state index contributed by atoms with van der Waals surface area (Å²) < 4.78 is 26.8. The summed E-state index contributed by atoms with van der Waals surface area (Å²) in [4.78, 5) is 17.2. The average molecular weight is 421 g/mol. The van der Waals surface area contributed by atoms with Crippen LogP contribution in [0.25, 0.3) is 10.8 Å². The van der Waals surface area contributed by atoms with Gasteiger partial charge in [0.25, 0.3) is 5.91 Å². The van der Waals surface area contributed by atoms with E-state index >= 15 is 0 Å². The van der Waals surface area contributed by atoms with Gasteiger partial charge in [-0.1, -0.05) is 36.4 Å². The second kappa shape index (κ2) is 8.04. The lowest BCUT2D eigenvalue weighted by atomic mass is 9.79. The number of hydrogen-bond acceptors (Lipinski definition) is 2. The quantitative estimate of drug-likeness (QED) is 0.578. The van der Waals surface area contributed by atoms with Crippen LogP contribution in [0.4, 0.5) is 8.78 Å². The largest absolute Gasteiger partial charge is 0.338 e. The fraction of sp³-hybridized carbons (Fsp3) is 0.346. The van der Waals surface area contributed by atoms with Gasteiger partial charge < -0.3 is 4.90 Å². The van der Waals surface area contributed by atoms with Gasteiger partial charge >= 0.3 is 0 Å². The molecule has 0 N–H and O–H groups in total. The van der Waals surface area contributed by atoms with Crippen molar-refractivity contribution in [2.75, 3.05) is 26.2 Å². The van der Waals surface area contributed by atoms with E-state index in [1.807, 2.05) is 4.90 Å². The second-order valence-corrected chi connectivity index (χ2v) is 9.10. The molecule has 2 saturated heterocycles. The van der Waals surface area contributed by atoms with Crippen molar-refractivity contribution in [2.24, 2.45) is 5.41 Å². The van der Waals surface area contributed by atoms with E-state index in [9.17, 15) is 13.6 Å². The summed E-state index contributed by atoms with van der Waals surface area (Å²) in [6.45, 7) is 4.28. The maximum Gasteiger partial charge on any atom is 0.253 e. The molecule has 0 aromatic heterocycles. The molecule has 1 amide bonds. The molecule has 31 heavy (non-hydrogen) atoms. The van der Waals surface area contributed by atoms with E-state index in [4.69, 9.17) is 0 Å². The number of carbonyl (C=O) groups excluding carboxylic acids is 1. The molecule has 0 bridgehead atoms. The van der Waals surface area contributed by atoms with E-state index in [1.165, 1.54) is 22.4 Å². The molecule has 2 aliphatic heterocycles. The van der Waals surface area contributed by atoms with E-state index in [-0.39, 0.29) is 16.9 Å². The predicted molar refractivity (Wildman–Crippen MR) is 118 cm³/mol. The number of benzene rings is 3. The first kappa shape index (κ1) is 20.1. The van der Waals surface area contributed by atoms with Crippen LogP contribution in [0.2, 0.25) is 0 Å². The summed E-state index contributed by atoms with van der Waals surface area (Å²) in [5.41, 5.74) is 1.62. The van der Waals surface area contributed by atoms with Crippen molar-refractivity contribution in [2.45, 2.75) is 25.8 Å². The van der Waals surface area contributed by atoms with Gasteiger partial charge in [-0.25, -0.2) is 8.78 Å². The lowest BCUT2D eigenvalue weighted by Crippen LogP contribution is -2.45. The highest BCUT2D eigenvalue weighted by atomic mass is 19.2. The van der Waals surface area contributed by atoms with Crippen molar-refractivity contribution < 1.29 is 13.6 Å². The van der Waals surface area contributed by atoms with Gasteiger partial charge in [-0.3, -0.25) is 9.69 Å². The number of halogens is 2. The van der Waals surface area contributed by atoms with Gasteiger partial charge in [0, 0.05) is 37.2 Å². The van der Waals surface area contributed by atoms with E-state index in [0.717, 1.165) is 51.0 Å². The molecular formula is C26H26F2N2O. The molecule has 0 aliphatic carbocycles. The molecule has 2 heterocycles. The fourth-order valence-electron chi connectivity index (χ4n) is 5.29. The Morgan fingerprint density at radius 3 is 2.55 bits per heavy atom. The van der Waals surface area contributed by atoms with Crippen LogP contribution in [0, 0.1) is 17.0 Å². The Hall–Kier alpha value is -2.79. The molecule has 1 atom stereocenters. The highest BCUT2D eigenvalue weighted by molar-refractivity contribution is 5.94. The third-order valence-corrected chi connectivity index (χ3v) is 6.85. The van der Waals surface area contributed by atoms with Gasteiger partial charge in [-0.15, -0.1) is 0 Å². The second-order valence-electron chi connectivity index (χ2n) is 9.10. The molecule has 3 aromatic carbocycles. The highest BCUT2D eigenvalue weighted by Gasteiger charge is 2.42. The number of hydrogen-bond donors (Lipinski definition) is 0. The Morgan fingerprint density at radius 2 is 1.71 bits per heavy atom. The van der Waals surface area contributed by atoms with Crippen LogP contribution < -0.4 is 0 Å². The Morgan fingerprint density at radius 1 is 0.871 bits per heavy atom. The lowest BCUT2D eigenvalue weighted by Gasteiger charge is -2.40. The monoisotopic (exact) mass is 420 g/mol. The van der Waals surface area contributed by atoms with Crippen LogP contribution in [-0.4, -0.2) is 41.9 Å². The summed E-state index contributed by atoms with van der Waals surface area (Å²) in [5.74, 6) is -2.10. The van der Waals surface area contributed by atoms with Crippen LogP contribution in [0.5, 0.6) is 0 Å². The van der Waals surface area contributed by atoms with Crippen molar-refractivity contribution in [1.29, 1.82) is 0 Å². The summed E-state index contributed by atoms with van der Waals surface area (Å²) in [6, 6.07) is 18.5. The number of amides is 1. The van der Waals surface area contributed by atoms with E-state index in [1.54, 1.807) is 0 Å². The van der Waals surface area contributed by atoms with Gasteiger partial charge in [0.15, 0.2) is 11.6 Å². The third-order valence-electron chi connectivity index (χ3n) is 6.85. The maximum absolute atomic E-state index is 13.6. The third kappa shape index (κ3) is 4.07. The minimum absolute atomic E-state index is 0.0866. The van der Waals surface area contributed by atoms with Crippen LogP contribution >= 0.6 is 0 Å². The molecule has 160 valence electrons. The first-order valence-electron chi connectivity index (χ1n) is 11.0. The molecule has 2 fully saturated rings. The first-order chi connectivity index (χ1) is 15.0. The zero-order valence-corrected chi connectivity index (χ0v) is 17.5. The molecule has 1 spiro atoms. The van der Waals surface area contributed by atoms with Gasteiger partial charge in [0.2, 0.25) is 0 Å². The van der Waals surface area contributed by atoms with Crippen LogP contribution in [-0.2, 0) is 6.54 Å². The van der Waals surface area contributed by atoms with E-state index < -0.39 is 11.6 Å². The van der Waals surface area contributed by atoms with Gasteiger partial charge in [-0.2, -0.15) is 0 Å². The van der Waals surface area contributed by atoms with Crippen molar-refractivity contribution in [3.63, 3.8) is 0 Å². The van der Waals surface area contributed by atoms with Crippen molar-refractivity contribution >= 4 is 16.7 Å². The van der Waals surface area contributed by atoms with Gasteiger partial charge in [0.05, 0.1) is 0 Å². The summed E-state index contributed by atoms with van der Waals surface area (Å²) in [7, 11) is 0. The summed E-state index contributed by atoms with van der Waals surface area (Å²) >= 11 is 0. The van der Waals surface area contributed by atoms with Gasteiger partial charge in [0.1, 0.15) is 0 Å². The Kier molecular flexibility index (Phi) is 5.22. The lowest BCUT2D eigenvalue weighted by molar-refractivity contribution is 0.0675. The first-order valence-corrected chi connectivity index (χ1v) is 11.0. The number of nitrogens with zero attached hydrogens (tertiary/aromatic N) is 2. The Bertz CT molecular complexity index is 1130. The minimum Gasteiger partial charge on any atom is -0.338 e. The molecule has 0 radical (unpaired) electrons.